The molecule has 1 N–H and O–H groups in total. The summed E-state index contributed by atoms with van der Waals surface area (Å²) in [7, 11) is -2.73. The van der Waals surface area contributed by atoms with Crippen molar-refractivity contribution in [2.24, 2.45) is 5.92 Å². The molecule has 2 amide bonds. The Labute approximate surface area is 246 Å². The van der Waals surface area contributed by atoms with Crippen molar-refractivity contribution in [3.63, 3.8) is 0 Å². The van der Waals surface area contributed by atoms with Gasteiger partial charge in [0.2, 0.25) is 0 Å². The molecule has 3 aromatic rings. The molecular formula is C29H35Cl2N3O5S. The fraction of sp³-hybridized carbons (Fsp3) is 0.345. The summed E-state index contributed by atoms with van der Waals surface area (Å²) in [5.41, 5.74) is 1.84. The minimum atomic E-state index is -4.26. The Balaban J connectivity index is 2.01. The number of methoxy groups -OCH3 is 1. The number of nitrogens with zero attached hydrogens (tertiary/aromatic N) is 2. The first-order valence-corrected chi connectivity index (χ1v) is 15.1. The number of carbonyl (C=O) groups is 1. The van der Waals surface area contributed by atoms with Crippen LogP contribution in [0.25, 0.3) is 0 Å². The van der Waals surface area contributed by atoms with Gasteiger partial charge in [0.15, 0.2) is 0 Å². The van der Waals surface area contributed by atoms with Crippen molar-refractivity contribution < 1.29 is 22.1 Å². The SMILES string of the molecule is CCN(CC)c1ccc(CN(CC(C)C)C(=O)Nc2ccccc2OC)c(OS(=O)(=O)c2ccc(Cl)c(Cl)c2)c1. The van der Waals surface area contributed by atoms with Gasteiger partial charge in [-0.25, -0.2) is 4.79 Å². The lowest BCUT2D eigenvalue weighted by atomic mass is 10.1. The molecule has 40 heavy (non-hydrogen) atoms. The topological polar surface area (TPSA) is 88.2 Å². The monoisotopic (exact) mass is 607 g/mol. The van der Waals surface area contributed by atoms with Crippen LogP contribution in [0.1, 0.15) is 33.3 Å². The molecule has 3 rings (SSSR count). The van der Waals surface area contributed by atoms with Gasteiger partial charge in [-0.3, -0.25) is 0 Å². The third-order valence-electron chi connectivity index (χ3n) is 6.14. The third-order valence-corrected chi connectivity index (χ3v) is 8.11. The smallest absolute Gasteiger partial charge is 0.339 e. The molecule has 0 radical (unpaired) electrons. The number of nitrogens with one attached hydrogen (secondary N) is 1. The van der Waals surface area contributed by atoms with Crippen LogP contribution in [-0.2, 0) is 16.7 Å². The maximum Gasteiger partial charge on any atom is 0.339 e. The second-order valence-electron chi connectivity index (χ2n) is 9.48. The van der Waals surface area contributed by atoms with Crippen LogP contribution in [0.2, 0.25) is 10.0 Å². The van der Waals surface area contributed by atoms with E-state index in [2.05, 4.69) is 10.2 Å². The molecule has 3 aromatic carbocycles. The number of ether oxygens (including phenoxy) is 1. The van der Waals surface area contributed by atoms with Gasteiger partial charge in [-0.1, -0.05) is 55.2 Å². The molecule has 0 aliphatic rings. The molecule has 11 heteroatoms. The summed E-state index contributed by atoms with van der Waals surface area (Å²) in [5.74, 6) is 0.790. The summed E-state index contributed by atoms with van der Waals surface area (Å²) < 4.78 is 37.7. The zero-order chi connectivity index (χ0) is 29.4. The molecule has 0 spiro atoms. The van der Waals surface area contributed by atoms with Crippen molar-refractivity contribution in [2.45, 2.75) is 39.1 Å². The van der Waals surface area contributed by atoms with E-state index in [1.54, 1.807) is 35.2 Å². The normalized spacial score (nSPS) is 11.3. The highest BCUT2D eigenvalue weighted by atomic mass is 35.5. The predicted molar refractivity (Wildman–Crippen MR) is 162 cm³/mol. The van der Waals surface area contributed by atoms with Crippen LogP contribution < -0.4 is 19.1 Å². The number of anilines is 2. The predicted octanol–water partition coefficient (Wildman–Crippen LogP) is 7.31. The molecule has 0 heterocycles. The Hall–Kier alpha value is -3.14. The molecule has 8 nitrogen and oxygen atoms in total. The van der Waals surface area contributed by atoms with Gasteiger partial charge in [0, 0.05) is 37.0 Å². The van der Waals surface area contributed by atoms with Gasteiger partial charge in [-0.15, -0.1) is 0 Å². The van der Waals surface area contributed by atoms with Crippen LogP contribution >= 0.6 is 23.2 Å². The first-order valence-electron chi connectivity index (χ1n) is 12.9. The minimum absolute atomic E-state index is 0.0968. The van der Waals surface area contributed by atoms with E-state index in [1.807, 2.05) is 39.8 Å². The molecule has 216 valence electrons. The number of urea groups is 1. The average molecular weight is 609 g/mol. The maximum absolute atomic E-state index is 13.4. The summed E-state index contributed by atoms with van der Waals surface area (Å²) in [6.07, 6.45) is 0. The van der Waals surface area contributed by atoms with Gasteiger partial charge in [0.05, 0.1) is 29.4 Å². The Morgan fingerprint density at radius 1 is 0.950 bits per heavy atom. The highest BCUT2D eigenvalue weighted by molar-refractivity contribution is 7.87. The zero-order valence-corrected chi connectivity index (χ0v) is 25.6. The Morgan fingerprint density at radius 3 is 2.27 bits per heavy atom. The maximum atomic E-state index is 13.4. The lowest BCUT2D eigenvalue weighted by molar-refractivity contribution is 0.201. The van der Waals surface area contributed by atoms with E-state index in [0.29, 0.717) is 23.5 Å². The number of hydrogen-bond acceptors (Lipinski definition) is 6. The first kappa shape index (κ1) is 31.4. The van der Waals surface area contributed by atoms with E-state index in [9.17, 15) is 13.2 Å². The van der Waals surface area contributed by atoms with Gasteiger partial charge in [-0.05, 0) is 56.2 Å². The van der Waals surface area contributed by atoms with Crippen LogP contribution in [0.4, 0.5) is 16.2 Å². The fourth-order valence-electron chi connectivity index (χ4n) is 4.14. The Bertz CT molecular complexity index is 1430. The summed E-state index contributed by atoms with van der Waals surface area (Å²) >= 11 is 12.1. The summed E-state index contributed by atoms with van der Waals surface area (Å²) in [6.45, 7) is 9.97. The van der Waals surface area contributed by atoms with E-state index in [4.69, 9.17) is 32.1 Å². The lowest BCUT2D eigenvalue weighted by Crippen LogP contribution is -2.37. The van der Waals surface area contributed by atoms with Crippen LogP contribution in [0.5, 0.6) is 11.5 Å². The molecular weight excluding hydrogens is 573 g/mol. The number of rotatable bonds is 12. The standard InChI is InChI=1S/C29H35Cl2N3O5S/c1-6-33(7-2)22-13-12-21(28(16-22)39-40(36,37)23-14-15-24(30)25(31)17-23)19-34(18-20(3)4)29(35)32-26-10-8-9-11-27(26)38-5/h8-17,20H,6-7,18-19H2,1-5H3,(H,32,35). The molecule has 0 fully saturated rings. The molecule has 0 atom stereocenters. The third kappa shape index (κ3) is 7.96. The van der Waals surface area contributed by atoms with Gasteiger partial charge < -0.3 is 24.0 Å². The molecule has 0 saturated heterocycles. The zero-order valence-electron chi connectivity index (χ0n) is 23.3. The molecule has 0 bridgehead atoms. The summed E-state index contributed by atoms with van der Waals surface area (Å²) in [5, 5.41) is 3.24. The van der Waals surface area contributed by atoms with Crippen LogP contribution in [-0.4, -0.2) is 46.1 Å². The molecule has 0 aliphatic carbocycles. The lowest BCUT2D eigenvalue weighted by Gasteiger charge is -2.27. The number of carbonyl (C=O) groups excluding carboxylic acids is 1. The molecule has 0 aliphatic heterocycles. The second-order valence-corrected chi connectivity index (χ2v) is 11.8. The van der Waals surface area contributed by atoms with E-state index in [1.165, 1.54) is 25.3 Å². The largest absolute Gasteiger partial charge is 0.495 e. The number of amides is 2. The Kier molecular flexibility index (Phi) is 11.0. The van der Waals surface area contributed by atoms with E-state index in [0.717, 1.165) is 18.8 Å². The quantitative estimate of drug-likeness (QED) is 0.217. The van der Waals surface area contributed by atoms with Crippen molar-refractivity contribution in [1.29, 1.82) is 0 Å². The Morgan fingerprint density at radius 2 is 1.65 bits per heavy atom. The summed E-state index contributed by atoms with van der Waals surface area (Å²) in [6, 6.07) is 16.1. The van der Waals surface area contributed by atoms with Crippen molar-refractivity contribution in [2.75, 3.05) is 37.0 Å². The van der Waals surface area contributed by atoms with Crippen molar-refractivity contribution >= 4 is 50.7 Å². The van der Waals surface area contributed by atoms with Crippen molar-refractivity contribution in [3.8, 4) is 11.5 Å². The van der Waals surface area contributed by atoms with Gasteiger partial charge in [-0.2, -0.15) is 8.42 Å². The average Bonchev–Trinajstić information content (AvgIpc) is 2.91. The van der Waals surface area contributed by atoms with Crippen LogP contribution in [0, 0.1) is 5.92 Å². The highest BCUT2D eigenvalue weighted by Gasteiger charge is 2.24. The van der Waals surface area contributed by atoms with E-state index >= 15 is 0 Å². The van der Waals surface area contributed by atoms with Crippen molar-refractivity contribution in [3.05, 3.63) is 76.3 Å². The number of halogens is 2. The number of hydrogen-bond donors (Lipinski definition) is 1. The fourth-order valence-corrected chi connectivity index (χ4v) is 5.49. The second kappa shape index (κ2) is 14.0. The summed E-state index contributed by atoms with van der Waals surface area (Å²) in [4.78, 5) is 17.0. The molecule has 0 aromatic heterocycles. The minimum Gasteiger partial charge on any atom is -0.495 e. The number of benzene rings is 3. The molecule has 0 saturated carbocycles. The highest BCUT2D eigenvalue weighted by Crippen LogP contribution is 2.32. The van der Waals surface area contributed by atoms with Crippen molar-refractivity contribution in [1.82, 2.24) is 4.90 Å². The first-order chi connectivity index (χ1) is 19.0. The molecule has 0 unspecified atom stereocenters. The van der Waals surface area contributed by atoms with E-state index < -0.39 is 10.1 Å². The van der Waals surface area contributed by atoms with E-state index in [-0.39, 0.29) is 39.2 Å². The number of para-hydroxylation sites is 2. The van der Waals surface area contributed by atoms with Crippen LogP contribution in [0.15, 0.2) is 65.6 Å². The van der Waals surface area contributed by atoms with Gasteiger partial charge in [0.1, 0.15) is 16.4 Å². The van der Waals surface area contributed by atoms with Crippen LogP contribution in [0.3, 0.4) is 0 Å². The van der Waals surface area contributed by atoms with Gasteiger partial charge in [0.25, 0.3) is 0 Å². The van der Waals surface area contributed by atoms with Gasteiger partial charge >= 0.3 is 16.1 Å².